The third-order valence-corrected chi connectivity index (χ3v) is 5.99. The quantitative estimate of drug-likeness (QED) is 0.895. The fourth-order valence-electron chi connectivity index (χ4n) is 4.23. The molecule has 2 aliphatic heterocycles. The van der Waals surface area contributed by atoms with Gasteiger partial charge in [0.05, 0.1) is 17.3 Å². The van der Waals surface area contributed by atoms with Crippen LogP contribution in [0.4, 0.5) is 0 Å². The lowest BCUT2D eigenvalue weighted by Gasteiger charge is -2.55. The van der Waals surface area contributed by atoms with Crippen molar-refractivity contribution in [2.45, 2.75) is 65.1 Å². The Kier molecular flexibility index (Phi) is 4.47. The van der Waals surface area contributed by atoms with E-state index in [-0.39, 0.29) is 11.3 Å². The number of aliphatic hydroxyl groups is 1. The fraction of sp³-hybridized carbons (Fsp3) is 0.778. The molecule has 1 spiro atoms. The van der Waals surface area contributed by atoms with E-state index in [0.717, 1.165) is 56.9 Å². The molecule has 6 nitrogen and oxygen atoms in total. The Bertz CT molecular complexity index is 602. The molecule has 24 heavy (non-hydrogen) atoms. The van der Waals surface area contributed by atoms with E-state index in [2.05, 4.69) is 10.1 Å². The van der Waals surface area contributed by atoms with Gasteiger partial charge in [0.1, 0.15) is 5.76 Å². The van der Waals surface area contributed by atoms with Gasteiger partial charge in [0.2, 0.25) is 5.91 Å². The highest BCUT2D eigenvalue weighted by Gasteiger charge is 2.50. The minimum Gasteiger partial charge on any atom is -0.391 e. The monoisotopic (exact) mass is 335 g/mol. The molecule has 0 radical (unpaired) electrons. The van der Waals surface area contributed by atoms with Crippen LogP contribution in [0.25, 0.3) is 0 Å². The third kappa shape index (κ3) is 3.22. The van der Waals surface area contributed by atoms with Crippen molar-refractivity contribution in [2.24, 2.45) is 5.41 Å². The van der Waals surface area contributed by atoms with E-state index in [1.165, 1.54) is 0 Å². The van der Waals surface area contributed by atoms with Crippen LogP contribution >= 0.6 is 0 Å². The van der Waals surface area contributed by atoms with E-state index in [9.17, 15) is 9.90 Å². The van der Waals surface area contributed by atoms with Crippen LogP contribution in [0.5, 0.6) is 0 Å². The van der Waals surface area contributed by atoms with Crippen LogP contribution in [0.1, 0.15) is 51.5 Å². The summed E-state index contributed by atoms with van der Waals surface area (Å²) in [4.78, 5) is 16.3. The van der Waals surface area contributed by atoms with Gasteiger partial charge in [-0.2, -0.15) is 0 Å². The molecule has 1 atom stereocenters. The van der Waals surface area contributed by atoms with E-state index in [1.54, 1.807) is 6.92 Å². The van der Waals surface area contributed by atoms with Gasteiger partial charge in [-0.3, -0.25) is 9.69 Å². The summed E-state index contributed by atoms with van der Waals surface area (Å²) in [5, 5.41) is 14.7. The molecule has 1 amide bonds. The molecule has 6 heteroatoms. The van der Waals surface area contributed by atoms with Crippen molar-refractivity contribution in [3.8, 4) is 0 Å². The van der Waals surface area contributed by atoms with Gasteiger partial charge in [-0.05, 0) is 58.5 Å². The Morgan fingerprint density at radius 3 is 2.62 bits per heavy atom. The first-order chi connectivity index (χ1) is 11.2. The first-order valence-electron chi connectivity index (χ1n) is 8.83. The summed E-state index contributed by atoms with van der Waals surface area (Å²) < 4.78 is 5.14. The highest BCUT2D eigenvalue weighted by atomic mass is 16.5. The lowest BCUT2D eigenvalue weighted by atomic mass is 9.67. The van der Waals surface area contributed by atoms with Crippen molar-refractivity contribution in [3.63, 3.8) is 0 Å². The maximum Gasteiger partial charge on any atom is 0.219 e. The van der Waals surface area contributed by atoms with E-state index >= 15 is 0 Å². The summed E-state index contributed by atoms with van der Waals surface area (Å²) in [7, 11) is 0. The van der Waals surface area contributed by atoms with Crippen LogP contribution in [0.15, 0.2) is 10.6 Å². The van der Waals surface area contributed by atoms with Crippen LogP contribution in [0.3, 0.4) is 0 Å². The molecule has 0 unspecified atom stereocenters. The van der Waals surface area contributed by atoms with Crippen molar-refractivity contribution in [1.29, 1.82) is 0 Å². The zero-order valence-corrected chi connectivity index (χ0v) is 15.2. The van der Waals surface area contributed by atoms with Gasteiger partial charge < -0.3 is 14.5 Å². The number of carbonyl (C=O) groups excluding carboxylic acids is 1. The second-order valence-electron chi connectivity index (χ2n) is 8.18. The van der Waals surface area contributed by atoms with Crippen LogP contribution in [0.2, 0.25) is 0 Å². The fourth-order valence-corrected chi connectivity index (χ4v) is 4.23. The second kappa shape index (κ2) is 6.15. The van der Waals surface area contributed by atoms with E-state index in [4.69, 9.17) is 4.52 Å². The molecule has 134 valence electrons. The smallest absolute Gasteiger partial charge is 0.219 e. The molecule has 3 rings (SSSR count). The molecule has 2 saturated heterocycles. The number of likely N-dealkylation sites (tertiary alicyclic amines) is 2. The van der Waals surface area contributed by atoms with Crippen molar-refractivity contribution < 1.29 is 14.4 Å². The second-order valence-corrected chi connectivity index (χ2v) is 8.18. The van der Waals surface area contributed by atoms with Crippen molar-refractivity contribution in [2.75, 3.05) is 19.6 Å². The molecule has 1 aromatic rings. The molecule has 0 aromatic carbocycles. The minimum absolute atomic E-state index is 0.0385. The number of aryl methyl sites for hydroxylation is 1. The van der Waals surface area contributed by atoms with Crippen LogP contribution in [-0.2, 0) is 11.3 Å². The molecule has 1 aromatic heterocycles. The predicted molar refractivity (Wildman–Crippen MR) is 90.3 cm³/mol. The number of rotatable bonds is 2. The van der Waals surface area contributed by atoms with Gasteiger partial charge in [-0.15, -0.1) is 0 Å². The summed E-state index contributed by atoms with van der Waals surface area (Å²) >= 11 is 0. The Morgan fingerprint density at radius 1 is 1.42 bits per heavy atom. The Balaban J connectivity index is 1.65. The molecule has 2 fully saturated rings. The summed E-state index contributed by atoms with van der Waals surface area (Å²) in [6.45, 7) is 10.9. The van der Waals surface area contributed by atoms with Gasteiger partial charge in [0.25, 0.3) is 0 Å². The lowest BCUT2D eigenvalue weighted by Crippen LogP contribution is -2.64. The molecule has 1 N–H and O–H groups in total. The topological polar surface area (TPSA) is 69.8 Å². The highest BCUT2D eigenvalue weighted by molar-refractivity contribution is 5.74. The maximum atomic E-state index is 12.1. The predicted octanol–water partition coefficient (Wildman–Crippen LogP) is 1.96. The van der Waals surface area contributed by atoms with Gasteiger partial charge in [0.15, 0.2) is 0 Å². The molecule has 0 aliphatic carbocycles. The zero-order chi connectivity index (χ0) is 17.5. The molecule has 3 heterocycles. The summed E-state index contributed by atoms with van der Waals surface area (Å²) in [5.74, 6) is 0.895. The van der Waals surface area contributed by atoms with Crippen LogP contribution in [0, 0.1) is 12.3 Å². The van der Waals surface area contributed by atoms with E-state index in [0.29, 0.717) is 0 Å². The van der Waals surface area contributed by atoms with Crippen LogP contribution < -0.4 is 0 Å². The van der Waals surface area contributed by atoms with Gasteiger partial charge in [-0.1, -0.05) is 5.16 Å². The van der Waals surface area contributed by atoms with Crippen molar-refractivity contribution >= 4 is 5.91 Å². The number of amides is 1. The molecule has 0 saturated carbocycles. The number of nitrogens with zero attached hydrogens (tertiary/aromatic N) is 3. The average Bonchev–Trinajstić information content (AvgIpc) is 2.91. The normalized spacial score (nSPS) is 26.7. The van der Waals surface area contributed by atoms with Gasteiger partial charge >= 0.3 is 0 Å². The summed E-state index contributed by atoms with van der Waals surface area (Å²) in [5.41, 5.74) is 0.530. The first-order valence-corrected chi connectivity index (χ1v) is 8.83. The maximum absolute atomic E-state index is 12.1. The number of hydrogen-bond donors (Lipinski definition) is 1. The van der Waals surface area contributed by atoms with Gasteiger partial charge in [-0.25, -0.2) is 0 Å². The molecule has 2 aliphatic rings. The standard InChI is InChI=1S/C18H29N3O3/c1-13-9-15(19-24-13)11-20-7-5-18(6-8-20)10-16(23)17(3,4)21(12-18)14(2)22/h9,16,23H,5-8,10-12H2,1-4H3/t16-/m1/s1. The minimum atomic E-state index is -0.480. The summed E-state index contributed by atoms with van der Waals surface area (Å²) in [6.07, 6.45) is 2.31. The number of carbonyl (C=O) groups is 1. The number of piperidine rings is 2. The lowest BCUT2D eigenvalue weighted by molar-refractivity contribution is -0.157. The van der Waals surface area contributed by atoms with Crippen molar-refractivity contribution in [1.82, 2.24) is 15.0 Å². The average molecular weight is 335 g/mol. The van der Waals surface area contributed by atoms with E-state index < -0.39 is 11.6 Å². The highest BCUT2D eigenvalue weighted by Crippen LogP contribution is 2.45. The zero-order valence-electron chi connectivity index (χ0n) is 15.2. The molecule has 0 bridgehead atoms. The van der Waals surface area contributed by atoms with E-state index in [1.807, 2.05) is 31.7 Å². The molecular weight excluding hydrogens is 306 g/mol. The number of hydrogen-bond acceptors (Lipinski definition) is 5. The van der Waals surface area contributed by atoms with Crippen molar-refractivity contribution in [3.05, 3.63) is 17.5 Å². The first kappa shape index (κ1) is 17.4. The van der Waals surface area contributed by atoms with Crippen LogP contribution in [-0.4, -0.2) is 57.2 Å². The van der Waals surface area contributed by atoms with Gasteiger partial charge in [0, 0.05) is 26.1 Å². The Labute approximate surface area is 143 Å². The third-order valence-electron chi connectivity index (χ3n) is 5.99. The Hall–Kier alpha value is -1.40. The SMILES string of the molecule is CC(=O)N1CC2(CCN(Cc3cc(C)on3)CC2)C[C@@H](O)C1(C)C. The largest absolute Gasteiger partial charge is 0.391 e. The number of aliphatic hydroxyl groups excluding tert-OH is 1. The number of aromatic nitrogens is 1. The summed E-state index contributed by atoms with van der Waals surface area (Å²) in [6, 6.07) is 1.98. The Morgan fingerprint density at radius 2 is 2.08 bits per heavy atom. The molecular formula is C18H29N3O3.